The quantitative estimate of drug-likeness (QED) is 0.533. The van der Waals surface area contributed by atoms with E-state index in [1.165, 1.54) is 0 Å². The number of nitrogens with two attached hydrogens (primary N) is 1. The van der Waals surface area contributed by atoms with Crippen molar-refractivity contribution in [1.82, 2.24) is 19.7 Å². The van der Waals surface area contributed by atoms with Crippen molar-refractivity contribution in [2.24, 2.45) is 0 Å². The number of hydrogen-bond acceptors (Lipinski definition) is 8. The largest absolute Gasteiger partial charge is 0.366 e. The number of rotatable bonds is 2. The van der Waals surface area contributed by atoms with Crippen molar-refractivity contribution in [3.8, 4) is 0 Å². The average Bonchev–Trinajstić information content (AvgIpc) is 2.59. The van der Waals surface area contributed by atoms with Gasteiger partial charge in [-0.25, -0.2) is 4.98 Å². The lowest BCUT2D eigenvalue weighted by Crippen LogP contribution is -2.65. The third-order valence-electron chi connectivity index (χ3n) is 1.60. The molecule has 11 heteroatoms. The fraction of sp³-hybridized carbons (Fsp3) is 0. The molecule has 0 bridgehead atoms. The third-order valence-corrected chi connectivity index (χ3v) is 1.91. The molecule has 0 saturated carbocycles. The summed E-state index contributed by atoms with van der Waals surface area (Å²) in [5.41, 5.74) is 4.10. The molecule has 0 aliphatic heterocycles. The van der Waals surface area contributed by atoms with Gasteiger partial charge in [-0.3, -0.25) is 4.79 Å². The van der Waals surface area contributed by atoms with Crippen LogP contribution in [0.3, 0.4) is 0 Å². The van der Waals surface area contributed by atoms with Crippen LogP contribution in [-0.4, -0.2) is 19.7 Å². The molecule has 2 aromatic rings. The van der Waals surface area contributed by atoms with Gasteiger partial charge in [-0.05, 0) is 0 Å². The Bertz CT molecular complexity index is 585. The summed E-state index contributed by atoms with van der Waals surface area (Å²) in [5.74, 6) is -0.600. The average molecular weight is 250 g/mol. The van der Waals surface area contributed by atoms with Gasteiger partial charge >= 0.3 is 5.56 Å². The fourth-order valence-corrected chi connectivity index (χ4v) is 1.37. The Morgan fingerprint density at radius 1 is 1.50 bits per heavy atom. The van der Waals surface area contributed by atoms with Crippen molar-refractivity contribution in [3.63, 3.8) is 0 Å². The molecule has 0 radical (unpaired) electrons. The molecule has 0 spiro atoms. The maximum Gasteiger partial charge on any atom is 0.300 e. The predicted octanol–water partition coefficient (Wildman–Crippen LogP) is -4.97. The Morgan fingerprint density at radius 2 is 2.19 bits per heavy atom. The summed E-state index contributed by atoms with van der Waals surface area (Å²) in [6.07, 6.45) is 1.10. The van der Waals surface area contributed by atoms with E-state index in [9.17, 15) is 18.8 Å². The van der Waals surface area contributed by atoms with E-state index in [0.29, 0.717) is 4.73 Å². The Morgan fingerprint density at radius 3 is 2.81 bits per heavy atom. The first-order valence-electron chi connectivity index (χ1n) is 3.71. The molecule has 0 fully saturated rings. The molecule has 16 heavy (non-hydrogen) atoms. The molecule has 0 unspecified atom stereocenters. The van der Waals surface area contributed by atoms with Crippen LogP contribution >= 0.6 is 0 Å². The van der Waals surface area contributed by atoms with Gasteiger partial charge in [0.05, 0.1) is 10.7 Å². The molecule has 0 aromatic carbocycles. The number of imidazole rings is 1. The number of nitrogen functional groups attached to an aromatic ring is 1. The molecule has 0 aliphatic carbocycles. The van der Waals surface area contributed by atoms with Gasteiger partial charge in [-0.2, -0.15) is 19.0 Å². The number of aromatic amines is 1. The van der Waals surface area contributed by atoms with E-state index in [1.54, 1.807) is 0 Å². The summed E-state index contributed by atoms with van der Waals surface area (Å²) in [7, 11) is -4.77. The SMILES string of the molecule is Nc1nc(=O)c2[nH]cnc2n1O[Cl+3]([O-])([O-])[O-]. The zero-order valence-electron chi connectivity index (χ0n) is 7.42. The van der Waals surface area contributed by atoms with Crippen LogP contribution in [0, 0.1) is 10.2 Å². The van der Waals surface area contributed by atoms with E-state index in [4.69, 9.17) is 5.73 Å². The van der Waals surface area contributed by atoms with Crippen molar-refractivity contribution in [2.75, 3.05) is 5.73 Å². The van der Waals surface area contributed by atoms with E-state index < -0.39 is 21.8 Å². The molecule has 0 amide bonds. The molecule has 0 saturated heterocycles. The molecule has 86 valence electrons. The molecule has 2 aromatic heterocycles. The Balaban J connectivity index is 2.68. The number of hydrogen-bond donors (Lipinski definition) is 2. The van der Waals surface area contributed by atoms with Gasteiger partial charge in [0.25, 0.3) is 5.95 Å². The van der Waals surface area contributed by atoms with Crippen LogP contribution in [0.25, 0.3) is 11.2 Å². The van der Waals surface area contributed by atoms with E-state index in [0.717, 1.165) is 6.33 Å². The van der Waals surface area contributed by atoms with Crippen LogP contribution in [0.4, 0.5) is 5.95 Å². The molecular weight excluding hydrogens is 246 g/mol. The van der Waals surface area contributed by atoms with Crippen LogP contribution in [0.2, 0.25) is 0 Å². The second kappa shape index (κ2) is 3.31. The van der Waals surface area contributed by atoms with Gasteiger partial charge in [0.2, 0.25) is 5.65 Å². The highest BCUT2D eigenvalue weighted by molar-refractivity contribution is 5.70. The third kappa shape index (κ3) is 1.77. The minimum atomic E-state index is -4.77. The standard InChI is InChI=1S/C5H4ClN5O5/c7-5-10-4(12)2-3(9-1-8-2)11(5)16-6(13,14)15/h1H,(H,8,9)(H2,7,10,12). The van der Waals surface area contributed by atoms with E-state index in [2.05, 4.69) is 19.3 Å². The Kier molecular flexibility index (Phi) is 2.20. The number of halogens is 1. The number of H-pyrrole nitrogens is 1. The molecule has 0 atom stereocenters. The van der Waals surface area contributed by atoms with E-state index >= 15 is 0 Å². The molecule has 2 rings (SSSR count). The van der Waals surface area contributed by atoms with Crippen LogP contribution in [0.5, 0.6) is 0 Å². The summed E-state index contributed by atoms with van der Waals surface area (Å²) in [5, 5.41) is 0. The zero-order valence-corrected chi connectivity index (χ0v) is 8.17. The van der Waals surface area contributed by atoms with Crippen LogP contribution in [-0.2, 0) is 0 Å². The maximum absolute atomic E-state index is 11.2. The van der Waals surface area contributed by atoms with Gasteiger partial charge in [-0.1, -0.05) is 0 Å². The van der Waals surface area contributed by atoms with Crippen LogP contribution in [0.15, 0.2) is 11.1 Å². The monoisotopic (exact) mass is 249 g/mol. The Labute approximate surface area is 88.6 Å². The van der Waals surface area contributed by atoms with Gasteiger partial charge in [0.1, 0.15) is 0 Å². The minimum Gasteiger partial charge on any atom is -0.366 e. The number of fused-ring (bicyclic) bond motifs is 1. The fourth-order valence-electron chi connectivity index (χ4n) is 1.06. The lowest BCUT2D eigenvalue weighted by atomic mass is 10.5. The Hall–Kier alpha value is -1.88. The van der Waals surface area contributed by atoms with Crippen molar-refractivity contribution < 1.29 is 28.6 Å². The van der Waals surface area contributed by atoms with Crippen molar-refractivity contribution in [3.05, 3.63) is 16.7 Å². The van der Waals surface area contributed by atoms with Crippen molar-refractivity contribution in [2.45, 2.75) is 0 Å². The highest BCUT2D eigenvalue weighted by Gasteiger charge is 2.25. The van der Waals surface area contributed by atoms with E-state index in [-0.39, 0.29) is 11.2 Å². The van der Waals surface area contributed by atoms with Crippen LogP contribution < -0.4 is 29.7 Å². The topological polar surface area (TPSA) is 168 Å². The lowest BCUT2D eigenvalue weighted by molar-refractivity contribution is -1.92. The molecular formula is C5H4ClN5O5. The van der Waals surface area contributed by atoms with Gasteiger partial charge < -0.3 is 10.7 Å². The maximum atomic E-state index is 11.2. The highest BCUT2D eigenvalue weighted by Crippen LogP contribution is 2.06. The molecule has 0 aliphatic rings. The minimum absolute atomic E-state index is 0.131. The lowest BCUT2D eigenvalue weighted by Gasteiger charge is -2.12. The number of aromatic nitrogens is 4. The molecule has 2 heterocycles. The zero-order chi connectivity index (χ0) is 11.9. The summed E-state index contributed by atoms with van der Waals surface area (Å²) < 4.78 is 35.4. The summed E-state index contributed by atoms with van der Waals surface area (Å²) in [6.45, 7) is 0. The van der Waals surface area contributed by atoms with Crippen LogP contribution in [0.1, 0.15) is 0 Å². The smallest absolute Gasteiger partial charge is 0.300 e. The molecule has 10 nitrogen and oxygen atoms in total. The summed E-state index contributed by atoms with van der Waals surface area (Å²) in [4.78, 5) is 20.4. The van der Waals surface area contributed by atoms with Crippen molar-refractivity contribution >= 4 is 17.1 Å². The van der Waals surface area contributed by atoms with Gasteiger partial charge in [0.15, 0.2) is 15.8 Å². The second-order valence-corrected chi connectivity index (χ2v) is 3.51. The first kappa shape index (κ1) is 10.6. The first-order chi connectivity index (χ1) is 7.38. The summed E-state index contributed by atoms with van der Waals surface area (Å²) in [6, 6.07) is 0. The van der Waals surface area contributed by atoms with Crippen molar-refractivity contribution in [1.29, 1.82) is 0 Å². The summed E-state index contributed by atoms with van der Waals surface area (Å²) >= 11 is 0. The van der Waals surface area contributed by atoms with Gasteiger partial charge in [-0.15, -0.1) is 0 Å². The number of nitrogens with zero attached hydrogens (tertiary/aromatic N) is 3. The van der Waals surface area contributed by atoms with Gasteiger partial charge in [0, 0.05) is 4.73 Å². The van der Waals surface area contributed by atoms with E-state index in [1.807, 2.05) is 0 Å². The second-order valence-electron chi connectivity index (χ2n) is 2.62. The predicted molar refractivity (Wildman–Crippen MR) is 39.1 cm³/mol. The first-order valence-corrected chi connectivity index (χ1v) is 4.94. The highest BCUT2D eigenvalue weighted by atomic mass is 35.7. The number of nitrogens with one attached hydrogen (secondary N) is 1. The normalized spacial score (nSPS) is 11.9. The molecule has 3 N–H and O–H groups in total. The number of anilines is 1.